The molecule has 23 heavy (non-hydrogen) atoms. The molecule has 124 valence electrons. The Morgan fingerprint density at radius 2 is 1.91 bits per heavy atom. The SMILES string of the molecule is C[C@@H]1C[C@H](C)CN(C(=O)c2ccc3nc(C(F)(F)F)[nH]c3c2)C1. The van der Waals surface area contributed by atoms with E-state index >= 15 is 0 Å². The van der Waals surface area contributed by atoms with Crippen molar-refractivity contribution in [3.8, 4) is 0 Å². The number of amides is 1. The van der Waals surface area contributed by atoms with Crippen molar-refractivity contribution in [2.24, 2.45) is 11.8 Å². The number of hydrogen-bond donors (Lipinski definition) is 1. The summed E-state index contributed by atoms with van der Waals surface area (Å²) in [5.41, 5.74) is 0.812. The molecule has 7 heteroatoms. The first-order valence-electron chi connectivity index (χ1n) is 7.60. The number of benzene rings is 1. The summed E-state index contributed by atoms with van der Waals surface area (Å²) in [6, 6.07) is 4.44. The van der Waals surface area contributed by atoms with E-state index in [0.717, 1.165) is 6.42 Å². The maximum absolute atomic E-state index is 12.7. The number of rotatable bonds is 1. The minimum Gasteiger partial charge on any atom is -0.338 e. The highest BCUT2D eigenvalue weighted by Crippen LogP contribution is 2.29. The zero-order valence-electron chi connectivity index (χ0n) is 12.9. The summed E-state index contributed by atoms with van der Waals surface area (Å²) in [6.45, 7) is 5.56. The first-order chi connectivity index (χ1) is 10.7. The Balaban J connectivity index is 1.89. The van der Waals surface area contributed by atoms with E-state index in [1.807, 2.05) is 0 Å². The number of alkyl halides is 3. The van der Waals surface area contributed by atoms with Gasteiger partial charge in [0, 0.05) is 18.7 Å². The molecule has 2 aromatic rings. The molecule has 0 saturated carbocycles. The van der Waals surface area contributed by atoms with Gasteiger partial charge in [0.15, 0.2) is 0 Å². The molecule has 1 saturated heterocycles. The zero-order valence-corrected chi connectivity index (χ0v) is 12.9. The fourth-order valence-corrected chi connectivity index (χ4v) is 3.29. The Morgan fingerprint density at radius 3 is 2.52 bits per heavy atom. The van der Waals surface area contributed by atoms with E-state index < -0.39 is 12.0 Å². The van der Waals surface area contributed by atoms with Crippen molar-refractivity contribution in [1.29, 1.82) is 0 Å². The van der Waals surface area contributed by atoms with Gasteiger partial charge >= 0.3 is 6.18 Å². The van der Waals surface area contributed by atoms with E-state index in [-0.39, 0.29) is 16.9 Å². The molecule has 0 radical (unpaired) electrons. The number of nitrogens with zero attached hydrogens (tertiary/aromatic N) is 2. The van der Waals surface area contributed by atoms with E-state index in [1.165, 1.54) is 18.2 Å². The van der Waals surface area contributed by atoms with Crippen LogP contribution in [0.5, 0.6) is 0 Å². The number of likely N-dealkylation sites (tertiary alicyclic amines) is 1. The van der Waals surface area contributed by atoms with Crippen LogP contribution >= 0.6 is 0 Å². The highest BCUT2D eigenvalue weighted by Gasteiger charge is 2.35. The van der Waals surface area contributed by atoms with Crippen LogP contribution in [0.15, 0.2) is 18.2 Å². The van der Waals surface area contributed by atoms with Gasteiger partial charge in [0.1, 0.15) is 0 Å². The summed E-state index contributed by atoms with van der Waals surface area (Å²) in [5, 5.41) is 0. The highest BCUT2D eigenvalue weighted by atomic mass is 19.4. The number of aromatic nitrogens is 2. The minimum atomic E-state index is -4.53. The lowest BCUT2D eigenvalue weighted by atomic mass is 9.91. The molecular formula is C16H18F3N3O. The quantitative estimate of drug-likeness (QED) is 0.869. The number of imidazole rings is 1. The van der Waals surface area contributed by atoms with Crippen LogP contribution in [0, 0.1) is 11.8 Å². The summed E-state index contributed by atoms with van der Waals surface area (Å²) in [7, 11) is 0. The summed E-state index contributed by atoms with van der Waals surface area (Å²) in [4.78, 5) is 20.1. The summed E-state index contributed by atoms with van der Waals surface area (Å²) >= 11 is 0. The first kappa shape index (κ1) is 15.8. The number of hydrogen-bond acceptors (Lipinski definition) is 2. The molecular weight excluding hydrogens is 307 g/mol. The smallest absolute Gasteiger partial charge is 0.338 e. The highest BCUT2D eigenvalue weighted by molar-refractivity contribution is 5.97. The maximum atomic E-state index is 12.7. The molecule has 0 aliphatic carbocycles. The number of carbonyl (C=O) groups excluding carboxylic acids is 1. The summed E-state index contributed by atoms with van der Waals surface area (Å²) in [5.74, 6) is -0.336. The molecule has 1 amide bonds. The van der Waals surface area contributed by atoms with Gasteiger partial charge in [0.2, 0.25) is 5.82 Å². The van der Waals surface area contributed by atoms with Gasteiger partial charge in [-0.2, -0.15) is 13.2 Å². The predicted molar refractivity (Wildman–Crippen MR) is 79.9 cm³/mol. The predicted octanol–water partition coefficient (Wildman–Crippen LogP) is 3.70. The Hall–Kier alpha value is -2.05. The van der Waals surface area contributed by atoms with Crippen LogP contribution in [0.3, 0.4) is 0 Å². The second-order valence-corrected chi connectivity index (χ2v) is 6.47. The molecule has 1 fully saturated rings. The number of nitrogens with one attached hydrogen (secondary N) is 1. The van der Waals surface area contributed by atoms with Crippen LogP contribution in [0.25, 0.3) is 11.0 Å². The third-order valence-electron chi connectivity index (χ3n) is 4.15. The molecule has 1 aliphatic rings. The third-order valence-corrected chi connectivity index (χ3v) is 4.15. The topological polar surface area (TPSA) is 49.0 Å². The lowest BCUT2D eigenvalue weighted by Gasteiger charge is -2.35. The van der Waals surface area contributed by atoms with Crippen molar-refractivity contribution < 1.29 is 18.0 Å². The standard InChI is InChI=1S/C16H18F3N3O/c1-9-5-10(2)8-22(7-9)14(23)11-3-4-12-13(6-11)21-15(20-12)16(17,18)19/h3-4,6,9-10H,5,7-8H2,1-2H3,(H,20,21)/t9-,10+. The van der Waals surface area contributed by atoms with Gasteiger partial charge < -0.3 is 9.88 Å². The Morgan fingerprint density at radius 1 is 1.26 bits per heavy atom. The number of fused-ring (bicyclic) bond motifs is 1. The molecule has 2 atom stereocenters. The molecule has 1 aliphatic heterocycles. The molecule has 1 aromatic carbocycles. The molecule has 1 aromatic heterocycles. The Kier molecular flexibility index (Phi) is 3.82. The van der Waals surface area contributed by atoms with Gasteiger partial charge in [-0.15, -0.1) is 0 Å². The van der Waals surface area contributed by atoms with Crippen LogP contribution in [0.1, 0.15) is 36.5 Å². The van der Waals surface area contributed by atoms with Crippen LogP contribution in [0.2, 0.25) is 0 Å². The second-order valence-electron chi connectivity index (χ2n) is 6.47. The van der Waals surface area contributed by atoms with Gasteiger partial charge in [0.25, 0.3) is 5.91 Å². The van der Waals surface area contributed by atoms with E-state index in [4.69, 9.17) is 0 Å². The van der Waals surface area contributed by atoms with Crippen LogP contribution in [-0.4, -0.2) is 33.9 Å². The van der Waals surface area contributed by atoms with Crippen molar-refractivity contribution in [3.63, 3.8) is 0 Å². The average molecular weight is 325 g/mol. The van der Waals surface area contributed by atoms with Gasteiger partial charge in [-0.05, 0) is 36.5 Å². The average Bonchev–Trinajstić information content (AvgIpc) is 2.88. The molecule has 0 spiro atoms. The number of piperidine rings is 1. The number of carbonyl (C=O) groups is 1. The fraction of sp³-hybridized carbons (Fsp3) is 0.500. The molecule has 0 bridgehead atoms. The molecule has 1 N–H and O–H groups in total. The number of halogens is 3. The summed E-state index contributed by atoms with van der Waals surface area (Å²) < 4.78 is 38.1. The molecule has 4 nitrogen and oxygen atoms in total. The number of aromatic amines is 1. The van der Waals surface area contributed by atoms with Crippen LogP contribution < -0.4 is 0 Å². The van der Waals surface area contributed by atoms with Gasteiger partial charge in [0.05, 0.1) is 11.0 Å². The largest absolute Gasteiger partial charge is 0.449 e. The maximum Gasteiger partial charge on any atom is 0.449 e. The van der Waals surface area contributed by atoms with Gasteiger partial charge in [-0.1, -0.05) is 13.8 Å². The lowest BCUT2D eigenvalue weighted by Crippen LogP contribution is -2.42. The van der Waals surface area contributed by atoms with Crippen LogP contribution in [0.4, 0.5) is 13.2 Å². The third kappa shape index (κ3) is 3.18. The van der Waals surface area contributed by atoms with Crippen molar-refractivity contribution in [3.05, 3.63) is 29.6 Å². The van der Waals surface area contributed by atoms with Gasteiger partial charge in [-0.3, -0.25) is 4.79 Å². The van der Waals surface area contributed by atoms with E-state index in [0.29, 0.717) is 30.5 Å². The van der Waals surface area contributed by atoms with Crippen molar-refractivity contribution in [2.75, 3.05) is 13.1 Å². The van der Waals surface area contributed by atoms with Crippen LogP contribution in [-0.2, 0) is 6.18 Å². The first-order valence-corrected chi connectivity index (χ1v) is 7.60. The van der Waals surface area contributed by atoms with E-state index in [1.54, 1.807) is 4.90 Å². The Bertz CT molecular complexity index is 728. The second kappa shape index (κ2) is 5.54. The monoisotopic (exact) mass is 325 g/mol. The van der Waals surface area contributed by atoms with Crippen molar-refractivity contribution in [1.82, 2.24) is 14.9 Å². The van der Waals surface area contributed by atoms with Gasteiger partial charge in [-0.25, -0.2) is 4.98 Å². The fourth-order valence-electron chi connectivity index (χ4n) is 3.29. The molecule has 2 heterocycles. The van der Waals surface area contributed by atoms with Crippen molar-refractivity contribution in [2.45, 2.75) is 26.4 Å². The Labute approximate surface area is 131 Å². The van der Waals surface area contributed by atoms with E-state index in [9.17, 15) is 18.0 Å². The number of H-pyrrole nitrogens is 1. The van der Waals surface area contributed by atoms with E-state index in [2.05, 4.69) is 23.8 Å². The molecule has 0 unspecified atom stereocenters. The normalized spacial score (nSPS) is 22.6. The zero-order chi connectivity index (χ0) is 16.8. The minimum absolute atomic E-state index is 0.145. The lowest BCUT2D eigenvalue weighted by molar-refractivity contribution is -0.144. The van der Waals surface area contributed by atoms with Crippen molar-refractivity contribution >= 4 is 16.9 Å². The molecule has 3 rings (SSSR count). The summed E-state index contributed by atoms with van der Waals surface area (Å²) in [6.07, 6.45) is -3.45.